The van der Waals surface area contributed by atoms with Crippen molar-refractivity contribution < 1.29 is 4.79 Å². The number of rotatable bonds is 8. The van der Waals surface area contributed by atoms with Crippen molar-refractivity contribution in [2.24, 2.45) is 0 Å². The van der Waals surface area contributed by atoms with Gasteiger partial charge in [0.1, 0.15) is 5.82 Å². The number of aryl methyl sites for hydroxylation is 2. The van der Waals surface area contributed by atoms with E-state index < -0.39 is 0 Å². The maximum atomic E-state index is 12.2. The van der Waals surface area contributed by atoms with E-state index in [-0.39, 0.29) is 5.78 Å². The fourth-order valence-corrected chi connectivity index (χ4v) is 3.56. The lowest BCUT2D eigenvalue weighted by Crippen LogP contribution is -2.07. The van der Waals surface area contributed by atoms with Gasteiger partial charge in [0.25, 0.3) is 0 Å². The molecule has 0 atom stereocenters. The van der Waals surface area contributed by atoms with Gasteiger partial charge < -0.3 is 5.32 Å². The van der Waals surface area contributed by atoms with Crippen LogP contribution < -0.4 is 5.32 Å². The topological polar surface area (TPSA) is 72.2 Å². The third-order valence-electron chi connectivity index (χ3n) is 5.11. The van der Waals surface area contributed by atoms with Crippen LogP contribution in [-0.2, 0) is 0 Å². The first kappa shape index (κ1) is 19.1. The molecule has 4 aromatic rings. The van der Waals surface area contributed by atoms with Gasteiger partial charge in [-0.05, 0) is 44.4 Å². The molecule has 6 heteroatoms. The van der Waals surface area contributed by atoms with Crippen molar-refractivity contribution >= 4 is 28.3 Å². The fraction of sp³-hybridized carbons (Fsp3) is 0.304. The highest BCUT2D eigenvalue weighted by Crippen LogP contribution is 2.22. The van der Waals surface area contributed by atoms with E-state index in [4.69, 9.17) is 4.98 Å². The molecular weight excluding hydrogens is 362 g/mol. The number of carbonyl (C=O) groups excluding carboxylic acids is 1. The van der Waals surface area contributed by atoms with Gasteiger partial charge in [-0.15, -0.1) is 10.2 Å². The third-order valence-corrected chi connectivity index (χ3v) is 5.11. The number of benzene rings is 2. The molecule has 4 rings (SSSR count). The Morgan fingerprint density at radius 3 is 2.66 bits per heavy atom. The number of ketones is 1. The highest BCUT2D eigenvalue weighted by Gasteiger charge is 2.13. The Morgan fingerprint density at radius 2 is 1.83 bits per heavy atom. The van der Waals surface area contributed by atoms with E-state index in [1.165, 1.54) is 5.56 Å². The molecule has 29 heavy (non-hydrogen) atoms. The van der Waals surface area contributed by atoms with E-state index in [0.29, 0.717) is 6.42 Å². The number of Topliss-reactive ketones (excluding diaryl/α,β-unsaturated/α-hetero) is 1. The Morgan fingerprint density at radius 1 is 1.00 bits per heavy atom. The van der Waals surface area contributed by atoms with Gasteiger partial charge in [0.2, 0.25) is 5.65 Å². The van der Waals surface area contributed by atoms with Crippen molar-refractivity contribution in [1.82, 2.24) is 19.6 Å². The van der Waals surface area contributed by atoms with Crippen LogP contribution in [0.2, 0.25) is 0 Å². The first-order valence-corrected chi connectivity index (χ1v) is 10.1. The summed E-state index contributed by atoms with van der Waals surface area (Å²) < 4.78 is 2.05. The highest BCUT2D eigenvalue weighted by molar-refractivity contribution is 5.95. The minimum Gasteiger partial charge on any atom is -0.367 e. The van der Waals surface area contributed by atoms with Gasteiger partial charge in [-0.25, -0.2) is 4.98 Å². The van der Waals surface area contributed by atoms with Crippen molar-refractivity contribution in [2.45, 2.75) is 39.5 Å². The molecule has 0 aliphatic carbocycles. The zero-order valence-corrected chi connectivity index (χ0v) is 16.9. The summed E-state index contributed by atoms with van der Waals surface area (Å²) in [6, 6.07) is 15.7. The first-order chi connectivity index (χ1) is 14.1. The number of nitrogens with zero attached hydrogens (tertiary/aromatic N) is 4. The summed E-state index contributed by atoms with van der Waals surface area (Å²) in [5.74, 6) is 1.81. The van der Waals surface area contributed by atoms with Gasteiger partial charge in [-0.1, -0.05) is 42.8 Å². The normalized spacial score (nSPS) is 11.2. The maximum Gasteiger partial charge on any atom is 0.204 e. The smallest absolute Gasteiger partial charge is 0.204 e. The number of hydrogen-bond donors (Lipinski definition) is 1. The molecule has 6 nitrogen and oxygen atoms in total. The van der Waals surface area contributed by atoms with E-state index in [2.05, 4.69) is 39.0 Å². The zero-order chi connectivity index (χ0) is 20.2. The van der Waals surface area contributed by atoms with E-state index in [0.717, 1.165) is 59.7 Å². The van der Waals surface area contributed by atoms with Gasteiger partial charge in [0.15, 0.2) is 11.6 Å². The lowest BCUT2D eigenvalue weighted by Gasteiger charge is -2.10. The minimum atomic E-state index is 0.214. The molecule has 2 heterocycles. The van der Waals surface area contributed by atoms with E-state index >= 15 is 0 Å². The monoisotopic (exact) mass is 387 g/mol. The second kappa shape index (κ2) is 8.39. The van der Waals surface area contributed by atoms with Crippen LogP contribution in [0.4, 0.5) is 5.82 Å². The van der Waals surface area contributed by atoms with Gasteiger partial charge in [0.05, 0.1) is 11.0 Å². The van der Waals surface area contributed by atoms with Crippen LogP contribution in [0, 0.1) is 13.8 Å². The summed E-state index contributed by atoms with van der Waals surface area (Å²) in [5, 5.41) is 12.0. The predicted molar refractivity (Wildman–Crippen MR) is 115 cm³/mol. The van der Waals surface area contributed by atoms with Gasteiger partial charge in [0, 0.05) is 18.5 Å². The number of hydrogen-bond acceptors (Lipinski definition) is 5. The van der Waals surface area contributed by atoms with Crippen LogP contribution in [0.3, 0.4) is 0 Å². The molecule has 148 valence electrons. The Bertz CT molecular complexity index is 1150. The number of unbranched alkanes of at least 4 members (excludes halogenated alkanes) is 2. The minimum absolute atomic E-state index is 0.214. The number of fused-ring (bicyclic) bond motifs is 3. The average molecular weight is 387 g/mol. The Hall–Kier alpha value is -3.28. The van der Waals surface area contributed by atoms with Crippen molar-refractivity contribution in [3.8, 4) is 0 Å². The molecule has 0 bridgehead atoms. The van der Waals surface area contributed by atoms with Gasteiger partial charge in [-0.3, -0.25) is 9.20 Å². The van der Waals surface area contributed by atoms with Crippen molar-refractivity contribution in [1.29, 1.82) is 0 Å². The summed E-state index contributed by atoms with van der Waals surface area (Å²) >= 11 is 0. The van der Waals surface area contributed by atoms with E-state index in [1.54, 1.807) is 0 Å². The summed E-state index contributed by atoms with van der Waals surface area (Å²) in [6.45, 7) is 4.81. The van der Waals surface area contributed by atoms with Crippen LogP contribution in [0.25, 0.3) is 16.7 Å². The number of anilines is 1. The predicted octanol–water partition coefficient (Wildman–Crippen LogP) is 4.75. The van der Waals surface area contributed by atoms with Crippen molar-refractivity contribution in [3.05, 3.63) is 65.5 Å². The first-order valence-electron chi connectivity index (χ1n) is 10.1. The largest absolute Gasteiger partial charge is 0.367 e. The molecule has 0 amide bonds. The molecule has 0 fully saturated rings. The molecule has 0 saturated carbocycles. The van der Waals surface area contributed by atoms with Crippen LogP contribution in [0.5, 0.6) is 0 Å². The van der Waals surface area contributed by atoms with Crippen LogP contribution in [0.15, 0.2) is 48.5 Å². The SMILES string of the molecule is Cc1ccc2nc(NCCCCCC(=O)c3ccccc3)c3nnc(C)n3c2c1. The second-order valence-corrected chi connectivity index (χ2v) is 7.39. The fourth-order valence-electron chi connectivity index (χ4n) is 3.56. The Labute approximate surface area is 170 Å². The molecule has 0 aliphatic rings. The average Bonchev–Trinajstić information content (AvgIpc) is 3.13. The molecular formula is C23H25N5O. The van der Waals surface area contributed by atoms with Crippen molar-refractivity contribution in [2.75, 3.05) is 11.9 Å². The van der Waals surface area contributed by atoms with Crippen molar-refractivity contribution in [3.63, 3.8) is 0 Å². The van der Waals surface area contributed by atoms with Crippen LogP contribution >= 0.6 is 0 Å². The number of carbonyl (C=O) groups is 1. The number of nitrogens with one attached hydrogen (secondary N) is 1. The molecule has 0 unspecified atom stereocenters. The highest BCUT2D eigenvalue weighted by atomic mass is 16.1. The van der Waals surface area contributed by atoms with E-state index in [9.17, 15) is 4.79 Å². The van der Waals surface area contributed by atoms with Crippen LogP contribution in [0.1, 0.15) is 47.4 Å². The van der Waals surface area contributed by atoms with E-state index in [1.807, 2.05) is 43.3 Å². The summed E-state index contributed by atoms with van der Waals surface area (Å²) in [4.78, 5) is 16.9. The summed E-state index contributed by atoms with van der Waals surface area (Å²) in [5.41, 5.74) is 4.67. The summed E-state index contributed by atoms with van der Waals surface area (Å²) in [6.07, 6.45) is 3.43. The molecule has 2 aromatic heterocycles. The van der Waals surface area contributed by atoms with Gasteiger partial charge in [-0.2, -0.15) is 0 Å². The van der Waals surface area contributed by atoms with Crippen LogP contribution in [-0.4, -0.2) is 31.9 Å². The molecule has 1 N–H and O–H groups in total. The molecule has 2 aromatic carbocycles. The lowest BCUT2D eigenvalue weighted by molar-refractivity contribution is 0.0979. The molecule has 0 saturated heterocycles. The number of aromatic nitrogens is 4. The molecule has 0 radical (unpaired) electrons. The Kier molecular flexibility index (Phi) is 5.51. The zero-order valence-electron chi connectivity index (χ0n) is 16.9. The maximum absolute atomic E-state index is 12.2. The summed E-state index contributed by atoms with van der Waals surface area (Å²) in [7, 11) is 0. The standard InChI is InChI=1S/C23H25N5O/c1-16-12-13-19-20(15-16)28-17(2)26-27-23(28)22(25-19)24-14-8-4-7-11-21(29)18-9-5-3-6-10-18/h3,5-6,9-10,12-13,15H,4,7-8,11,14H2,1-2H3,(H,24,25). The Balaban J connectivity index is 1.36. The quantitative estimate of drug-likeness (QED) is 0.349. The molecule has 0 aliphatic heterocycles. The lowest BCUT2D eigenvalue weighted by atomic mass is 10.0. The third kappa shape index (κ3) is 4.11. The molecule has 0 spiro atoms. The van der Waals surface area contributed by atoms with Gasteiger partial charge >= 0.3 is 0 Å². The second-order valence-electron chi connectivity index (χ2n) is 7.39.